The molecule has 1 aromatic heterocycles. The maximum Gasteiger partial charge on any atom is 0.440 e. The first-order valence-electron chi connectivity index (χ1n) is 4.59. The average molecular weight is 281 g/mol. The first-order chi connectivity index (χ1) is 8.68. The highest BCUT2D eigenvalue weighted by molar-refractivity contribution is 5.48. The van der Waals surface area contributed by atoms with Gasteiger partial charge in [-0.3, -0.25) is 10.1 Å². The van der Waals surface area contributed by atoms with Crippen molar-refractivity contribution in [3.63, 3.8) is 0 Å². The maximum atomic E-state index is 12.6. The maximum absolute atomic E-state index is 12.6. The molecule has 0 radical (unpaired) electrons. The topological polar surface area (TPSA) is 79.8 Å². The van der Waals surface area contributed by atoms with Crippen LogP contribution in [0.1, 0.15) is 23.4 Å². The second kappa shape index (κ2) is 5.13. The van der Waals surface area contributed by atoms with Gasteiger partial charge in [-0.05, 0) is 6.07 Å². The molecule has 0 unspecified atom stereocenters. The van der Waals surface area contributed by atoms with Crippen molar-refractivity contribution in [3.8, 4) is 6.07 Å². The van der Waals surface area contributed by atoms with Crippen LogP contribution in [-0.4, -0.2) is 9.91 Å². The fraction of sp³-hybridized carbons (Fsp3) is 0.333. The lowest BCUT2D eigenvalue weighted by atomic mass is 10.1. The summed E-state index contributed by atoms with van der Waals surface area (Å²) in [5.41, 5.74) is -5.82. The first kappa shape index (κ1) is 14.7. The average Bonchev–Trinajstić information content (AvgIpc) is 2.26. The van der Waals surface area contributed by atoms with Gasteiger partial charge in [0.05, 0.1) is 28.7 Å². The molecular weight excluding hydrogens is 277 g/mol. The zero-order valence-electron chi connectivity index (χ0n) is 8.91. The van der Waals surface area contributed by atoms with E-state index in [1.54, 1.807) is 0 Å². The molecule has 0 fully saturated rings. The molecule has 0 aliphatic carbocycles. The highest BCUT2D eigenvalue weighted by Crippen LogP contribution is 2.40. The van der Waals surface area contributed by atoms with Crippen molar-refractivity contribution in [2.45, 2.75) is 19.0 Å². The van der Waals surface area contributed by atoms with E-state index in [-0.39, 0.29) is 0 Å². The van der Waals surface area contributed by atoms with Crippen molar-refractivity contribution < 1.29 is 26.9 Å². The summed E-state index contributed by atoms with van der Waals surface area (Å²) in [6, 6.07) is 1.86. The van der Waals surface area contributed by atoms with E-state index in [0.29, 0.717) is 6.07 Å². The summed E-state index contributed by atoms with van der Waals surface area (Å²) >= 11 is 0. The number of aromatic nitrogens is 1. The molecule has 0 bridgehead atoms. The molecular formula is C9H4F5N3O2. The Morgan fingerprint density at radius 3 is 2.42 bits per heavy atom. The molecule has 0 N–H and O–H groups in total. The minimum atomic E-state index is -5.27. The number of rotatable bonds is 3. The monoisotopic (exact) mass is 281 g/mol. The number of hydrogen-bond donors (Lipinski definition) is 0. The smallest absolute Gasteiger partial charge is 0.258 e. The van der Waals surface area contributed by atoms with E-state index in [0.717, 1.165) is 0 Å². The van der Waals surface area contributed by atoms with E-state index in [2.05, 4.69) is 4.98 Å². The number of nitriles is 1. The molecule has 1 heterocycles. The Morgan fingerprint density at radius 2 is 2.05 bits per heavy atom. The Kier molecular flexibility index (Phi) is 3.98. The van der Waals surface area contributed by atoms with E-state index >= 15 is 0 Å². The van der Waals surface area contributed by atoms with Gasteiger partial charge in [0.25, 0.3) is 6.43 Å². The molecule has 0 aliphatic heterocycles. The third kappa shape index (κ3) is 3.12. The van der Waals surface area contributed by atoms with E-state index in [1.807, 2.05) is 0 Å². The van der Waals surface area contributed by atoms with Crippen molar-refractivity contribution in [1.82, 2.24) is 4.98 Å². The lowest BCUT2D eigenvalue weighted by Gasteiger charge is -2.11. The molecule has 102 valence electrons. The van der Waals surface area contributed by atoms with E-state index in [4.69, 9.17) is 5.26 Å². The van der Waals surface area contributed by atoms with Crippen LogP contribution in [0.3, 0.4) is 0 Å². The quantitative estimate of drug-likeness (QED) is 0.484. The highest BCUT2D eigenvalue weighted by atomic mass is 19.4. The molecule has 0 amide bonds. The van der Waals surface area contributed by atoms with E-state index in [9.17, 15) is 32.1 Å². The fourth-order valence-corrected chi connectivity index (χ4v) is 1.34. The zero-order valence-corrected chi connectivity index (χ0v) is 8.91. The van der Waals surface area contributed by atoms with E-state index < -0.39 is 46.6 Å². The lowest BCUT2D eigenvalue weighted by molar-refractivity contribution is -0.390. The summed E-state index contributed by atoms with van der Waals surface area (Å²) in [5, 5.41) is 18.9. The summed E-state index contributed by atoms with van der Waals surface area (Å²) in [4.78, 5) is 11.8. The van der Waals surface area contributed by atoms with Gasteiger partial charge in [0.1, 0.15) is 0 Å². The van der Waals surface area contributed by atoms with E-state index in [1.165, 1.54) is 6.07 Å². The van der Waals surface area contributed by atoms with Gasteiger partial charge in [-0.15, -0.1) is 0 Å². The molecule has 19 heavy (non-hydrogen) atoms. The van der Waals surface area contributed by atoms with Crippen molar-refractivity contribution in [1.29, 1.82) is 5.26 Å². The number of nitrogens with zero attached hydrogens (tertiary/aromatic N) is 3. The number of alkyl halides is 5. The second-order valence-electron chi connectivity index (χ2n) is 3.29. The van der Waals surface area contributed by atoms with Gasteiger partial charge in [-0.1, -0.05) is 0 Å². The summed E-state index contributed by atoms with van der Waals surface area (Å²) < 4.78 is 62.9. The molecule has 1 aromatic rings. The zero-order chi connectivity index (χ0) is 14.8. The van der Waals surface area contributed by atoms with Crippen LogP contribution in [0.4, 0.5) is 27.6 Å². The number of halogens is 5. The van der Waals surface area contributed by atoms with Crippen molar-refractivity contribution in [2.24, 2.45) is 0 Å². The van der Waals surface area contributed by atoms with Crippen molar-refractivity contribution >= 4 is 5.69 Å². The molecule has 1 rings (SSSR count). The third-order valence-corrected chi connectivity index (χ3v) is 2.02. The van der Waals surface area contributed by atoms with Crippen LogP contribution in [0.2, 0.25) is 0 Å². The van der Waals surface area contributed by atoms with Gasteiger partial charge < -0.3 is 0 Å². The van der Waals surface area contributed by atoms with Crippen LogP contribution >= 0.6 is 0 Å². The fourth-order valence-electron chi connectivity index (χ4n) is 1.34. The molecule has 0 saturated carbocycles. The Bertz CT molecular complexity index is 550. The minimum absolute atomic E-state index is 0.432. The normalized spacial score (nSPS) is 11.4. The largest absolute Gasteiger partial charge is 0.440 e. The number of hydrogen-bond acceptors (Lipinski definition) is 4. The molecule has 0 aliphatic rings. The first-order valence-corrected chi connectivity index (χ1v) is 4.59. The summed E-state index contributed by atoms with van der Waals surface area (Å²) in [5.74, 6) is 0. The van der Waals surface area contributed by atoms with Gasteiger partial charge in [-0.25, -0.2) is 13.8 Å². The van der Waals surface area contributed by atoms with Crippen molar-refractivity contribution in [2.75, 3.05) is 0 Å². The van der Waals surface area contributed by atoms with Crippen LogP contribution in [0.25, 0.3) is 0 Å². The molecule has 0 atom stereocenters. The van der Waals surface area contributed by atoms with Crippen LogP contribution in [0.15, 0.2) is 6.07 Å². The highest BCUT2D eigenvalue weighted by Gasteiger charge is 2.43. The molecule has 0 spiro atoms. The standard InChI is InChI=1S/C9H4F5N3O2/c10-8(11)5-3-4(1-2-15)16-7(9(12,13)14)6(5)17(18)19/h3,8H,1H2. The Hall–Kier alpha value is -2.31. The predicted octanol–water partition coefficient (Wildman–Crippen LogP) is 3.01. The summed E-state index contributed by atoms with van der Waals surface area (Å²) in [7, 11) is 0. The molecule has 5 nitrogen and oxygen atoms in total. The van der Waals surface area contributed by atoms with Gasteiger partial charge in [0.2, 0.25) is 5.69 Å². The summed E-state index contributed by atoms with van der Waals surface area (Å²) in [6.45, 7) is 0. The Balaban J connectivity index is 3.67. The van der Waals surface area contributed by atoms with Crippen LogP contribution in [0.5, 0.6) is 0 Å². The Labute approximate surface area is 102 Å². The van der Waals surface area contributed by atoms with Crippen LogP contribution < -0.4 is 0 Å². The Morgan fingerprint density at radius 1 is 1.47 bits per heavy atom. The third-order valence-electron chi connectivity index (χ3n) is 2.02. The van der Waals surface area contributed by atoms with Crippen LogP contribution in [-0.2, 0) is 12.6 Å². The number of pyridine rings is 1. The SMILES string of the molecule is N#CCc1cc(C(F)F)c([N+](=O)[O-])c(C(F)(F)F)n1. The lowest BCUT2D eigenvalue weighted by Crippen LogP contribution is -2.15. The van der Waals surface area contributed by atoms with Gasteiger partial charge in [0, 0.05) is 0 Å². The molecule has 10 heteroatoms. The van der Waals surface area contributed by atoms with Gasteiger partial charge in [0.15, 0.2) is 0 Å². The van der Waals surface area contributed by atoms with Gasteiger partial charge in [-0.2, -0.15) is 18.4 Å². The number of nitro groups is 1. The van der Waals surface area contributed by atoms with Crippen molar-refractivity contribution in [3.05, 3.63) is 33.1 Å². The second-order valence-corrected chi connectivity index (χ2v) is 3.29. The molecule has 0 saturated heterocycles. The predicted molar refractivity (Wildman–Crippen MR) is 50.2 cm³/mol. The minimum Gasteiger partial charge on any atom is -0.258 e. The molecule has 0 aromatic carbocycles. The van der Waals surface area contributed by atoms with Gasteiger partial charge >= 0.3 is 11.9 Å². The summed E-state index contributed by atoms with van der Waals surface area (Å²) in [6.07, 6.45) is -9.42. The van der Waals surface area contributed by atoms with Crippen LogP contribution in [0, 0.1) is 21.4 Å².